The van der Waals surface area contributed by atoms with E-state index >= 15 is 0 Å². The maximum Gasteiger partial charge on any atom is 0.320 e. The van der Waals surface area contributed by atoms with Crippen LogP contribution in [0.3, 0.4) is 0 Å². The predicted molar refractivity (Wildman–Crippen MR) is 55.4 cm³/mol. The first kappa shape index (κ1) is 13.4. The second-order valence-corrected chi connectivity index (χ2v) is 3.58. The summed E-state index contributed by atoms with van der Waals surface area (Å²) in [5.41, 5.74) is 0. The van der Waals surface area contributed by atoms with E-state index in [2.05, 4.69) is 5.32 Å². The first-order chi connectivity index (χ1) is 6.52. The molecule has 0 aromatic rings. The van der Waals surface area contributed by atoms with Gasteiger partial charge in [0, 0.05) is 13.2 Å². The van der Waals surface area contributed by atoms with Gasteiger partial charge in [-0.15, -0.1) is 0 Å². The Labute approximate surface area is 85.6 Å². The van der Waals surface area contributed by atoms with E-state index in [4.69, 9.17) is 9.84 Å². The second kappa shape index (κ2) is 6.79. The number of aliphatic carboxylic acids is 1. The van der Waals surface area contributed by atoms with Crippen LogP contribution in [0.25, 0.3) is 0 Å². The van der Waals surface area contributed by atoms with Crippen LogP contribution in [0.4, 0.5) is 0 Å². The number of methoxy groups -OCH3 is 1. The van der Waals surface area contributed by atoms with E-state index in [1.807, 2.05) is 20.8 Å². The topological polar surface area (TPSA) is 58.6 Å². The molecule has 14 heavy (non-hydrogen) atoms. The highest BCUT2D eigenvalue weighted by molar-refractivity contribution is 5.73. The number of hydrogen-bond donors (Lipinski definition) is 2. The Kier molecular flexibility index (Phi) is 6.49. The fourth-order valence-corrected chi connectivity index (χ4v) is 1.22. The summed E-state index contributed by atoms with van der Waals surface area (Å²) >= 11 is 0. The second-order valence-electron chi connectivity index (χ2n) is 3.58. The van der Waals surface area contributed by atoms with Crippen molar-refractivity contribution in [1.82, 2.24) is 5.32 Å². The quantitative estimate of drug-likeness (QED) is 0.654. The molecule has 84 valence electrons. The monoisotopic (exact) mass is 203 g/mol. The third kappa shape index (κ3) is 4.58. The summed E-state index contributed by atoms with van der Waals surface area (Å²) in [4.78, 5) is 10.8. The first-order valence-corrected chi connectivity index (χ1v) is 5.04. The lowest BCUT2D eigenvalue weighted by Gasteiger charge is -2.23. The van der Waals surface area contributed by atoms with E-state index in [0.29, 0.717) is 6.42 Å². The molecule has 0 aliphatic heterocycles. The number of hydrogen-bond acceptors (Lipinski definition) is 3. The molecule has 0 fully saturated rings. The molecule has 0 amide bonds. The smallest absolute Gasteiger partial charge is 0.320 e. The lowest BCUT2D eigenvalue weighted by molar-refractivity contribution is -0.140. The molecule has 0 saturated carbocycles. The molecule has 0 rings (SSSR count). The minimum atomic E-state index is -0.790. The zero-order valence-electron chi connectivity index (χ0n) is 9.41. The van der Waals surface area contributed by atoms with Gasteiger partial charge in [0.05, 0.1) is 6.10 Å². The molecule has 0 bridgehead atoms. The Balaban J connectivity index is 4.08. The van der Waals surface area contributed by atoms with E-state index in [9.17, 15) is 4.79 Å². The van der Waals surface area contributed by atoms with Crippen LogP contribution < -0.4 is 5.32 Å². The average Bonchev–Trinajstić information content (AvgIpc) is 2.15. The molecule has 0 saturated heterocycles. The Morgan fingerprint density at radius 3 is 2.43 bits per heavy atom. The zero-order valence-corrected chi connectivity index (χ0v) is 9.41. The third-order valence-electron chi connectivity index (χ3n) is 2.42. The Morgan fingerprint density at radius 2 is 2.07 bits per heavy atom. The maximum absolute atomic E-state index is 10.8. The molecule has 0 aromatic carbocycles. The number of carboxylic acids is 1. The van der Waals surface area contributed by atoms with Gasteiger partial charge in [-0.25, -0.2) is 0 Å². The van der Waals surface area contributed by atoms with Gasteiger partial charge in [0.2, 0.25) is 0 Å². The molecular weight excluding hydrogens is 182 g/mol. The standard InChI is InChI=1S/C10H21NO3/c1-5-6-9(10(12)13)11-7(2)8(3)14-4/h7-9,11H,5-6H2,1-4H3,(H,12,13). The van der Waals surface area contributed by atoms with Crippen molar-refractivity contribution in [2.75, 3.05) is 7.11 Å². The van der Waals surface area contributed by atoms with Gasteiger partial charge in [-0.3, -0.25) is 10.1 Å². The summed E-state index contributed by atoms with van der Waals surface area (Å²) in [5, 5.41) is 11.9. The van der Waals surface area contributed by atoms with Crippen molar-refractivity contribution in [1.29, 1.82) is 0 Å². The molecule has 0 aromatic heterocycles. The Hall–Kier alpha value is -0.610. The molecule has 0 radical (unpaired) electrons. The van der Waals surface area contributed by atoms with Gasteiger partial charge in [0.1, 0.15) is 6.04 Å². The van der Waals surface area contributed by atoms with Crippen molar-refractivity contribution < 1.29 is 14.6 Å². The van der Waals surface area contributed by atoms with Gasteiger partial charge in [0.25, 0.3) is 0 Å². The predicted octanol–water partition coefficient (Wildman–Crippen LogP) is 1.25. The summed E-state index contributed by atoms with van der Waals surface area (Å²) < 4.78 is 5.12. The van der Waals surface area contributed by atoms with Crippen LogP contribution in [0, 0.1) is 0 Å². The highest BCUT2D eigenvalue weighted by atomic mass is 16.5. The number of rotatable bonds is 7. The van der Waals surface area contributed by atoms with Gasteiger partial charge in [-0.2, -0.15) is 0 Å². The minimum absolute atomic E-state index is 0.0220. The van der Waals surface area contributed by atoms with Crippen LogP contribution >= 0.6 is 0 Å². The van der Waals surface area contributed by atoms with Crippen LogP contribution in [-0.4, -0.2) is 36.4 Å². The van der Waals surface area contributed by atoms with E-state index in [-0.39, 0.29) is 12.1 Å². The average molecular weight is 203 g/mol. The Bertz CT molecular complexity index is 173. The molecule has 0 spiro atoms. The molecule has 0 aliphatic carbocycles. The van der Waals surface area contributed by atoms with E-state index in [1.54, 1.807) is 7.11 Å². The van der Waals surface area contributed by atoms with Crippen molar-refractivity contribution in [3.63, 3.8) is 0 Å². The molecule has 0 aliphatic rings. The molecule has 3 atom stereocenters. The van der Waals surface area contributed by atoms with Crippen molar-refractivity contribution in [3.8, 4) is 0 Å². The summed E-state index contributed by atoms with van der Waals surface area (Å²) in [6.45, 7) is 5.82. The van der Waals surface area contributed by atoms with Crippen molar-refractivity contribution in [2.45, 2.75) is 51.8 Å². The van der Waals surface area contributed by atoms with Crippen molar-refractivity contribution in [2.24, 2.45) is 0 Å². The van der Waals surface area contributed by atoms with Crippen LogP contribution in [0.2, 0.25) is 0 Å². The Morgan fingerprint density at radius 1 is 1.50 bits per heavy atom. The number of ether oxygens (including phenoxy) is 1. The van der Waals surface area contributed by atoms with Crippen molar-refractivity contribution in [3.05, 3.63) is 0 Å². The van der Waals surface area contributed by atoms with Crippen LogP contribution in [0.15, 0.2) is 0 Å². The highest BCUT2D eigenvalue weighted by Crippen LogP contribution is 2.02. The van der Waals surface area contributed by atoms with Gasteiger partial charge in [-0.1, -0.05) is 13.3 Å². The molecular formula is C10H21NO3. The lowest BCUT2D eigenvalue weighted by atomic mass is 10.1. The molecule has 4 heteroatoms. The van der Waals surface area contributed by atoms with E-state index in [1.165, 1.54) is 0 Å². The van der Waals surface area contributed by atoms with Crippen LogP contribution in [0.1, 0.15) is 33.6 Å². The summed E-state index contributed by atoms with van der Waals surface area (Å²) in [6.07, 6.45) is 1.53. The van der Waals surface area contributed by atoms with Crippen LogP contribution in [-0.2, 0) is 9.53 Å². The molecule has 0 heterocycles. The van der Waals surface area contributed by atoms with Crippen molar-refractivity contribution >= 4 is 5.97 Å². The van der Waals surface area contributed by atoms with Gasteiger partial charge in [0.15, 0.2) is 0 Å². The normalized spacial score (nSPS) is 17.4. The fourth-order valence-electron chi connectivity index (χ4n) is 1.22. The summed E-state index contributed by atoms with van der Waals surface area (Å²) in [6, 6.07) is -0.416. The number of nitrogens with one attached hydrogen (secondary N) is 1. The molecule has 3 unspecified atom stereocenters. The summed E-state index contributed by atoms with van der Waals surface area (Å²) in [7, 11) is 1.62. The van der Waals surface area contributed by atoms with E-state index < -0.39 is 12.0 Å². The van der Waals surface area contributed by atoms with Crippen LogP contribution in [0.5, 0.6) is 0 Å². The van der Waals surface area contributed by atoms with E-state index in [0.717, 1.165) is 6.42 Å². The maximum atomic E-state index is 10.8. The fraction of sp³-hybridized carbons (Fsp3) is 0.900. The SMILES string of the molecule is CCCC(NC(C)C(C)OC)C(=O)O. The first-order valence-electron chi connectivity index (χ1n) is 5.04. The third-order valence-corrected chi connectivity index (χ3v) is 2.42. The van der Waals surface area contributed by atoms with Gasteiger partial charge >= 0.3 is 5.97 Å². The van der Waals surface area contributed by atoms with Gasteiger partial charge < -0.3 is 9.84 Å². The van der Waals surface area contributed by atoms with Gasteiger partial charge in [-0.05, 0) is 20.3 Å². The minimum Gasteiger partial charge on any atom is -0.480 e. The number of carboxylic acid groups (broad SMARTS) is 1. The molecule has 4 nitrogen and oxygen atoms in total. The molecule has 2 N–H and O–H groups in total. The number of carbonyl (C=O) groups is 1. The summed E-state index contributed by atoms with van der Waals surface area (Å²) in [5.74, 6) is -0.790. The largest absolute Gasteiger partial charge is 0.480 e. The lowest BCUT2D eigenvalue weighted by Crippen LogP contribution is -2.46. The highest BCUT2D eigenvalue weighted by Gasteiger charge is 2.21. The zero-order chi connectivity index (χ0) is 11.1.